The van der Waals surface area contributed by atoms with Gasteiger partial charge in [0.1, 0.15) is 0 Å². The fourth-order valence-corrected chi connectivity index (χ4v) is 4.81. The summed E-state index contributed by atoms with van der Waals surface area (Å²) in [7, 11) is 0. The standard InChI is InChI=1S/C29H25N/c1-18-6-5-7-24(16-18)29-27-11-8-22-17-23(9-10-25(22)26(27)12-13-30-29)28-20(3)14-19(2)15-21(28)4/h5-17H,1-4H3. The molecule has 146 valence electrons. The van der Waals surface area contributed by atoms with Crippen molar-refractivity contribution < 1.29 is 0 Å². The molecule has 0 atom stereocenters. The fourth-order valence-electron chi connectivity index (χ4n) is 4.81. The molecule has 0 N–H and O–H groups in total. The third kappa shape index (κ3) is 3.07. The average molecular weight is 388 g/mol. The number of pyridine rings is 1. The van der Waals surface area contributed by atoms with Crippen LogP contribution in [0.15, 0.2) is 79.0 Å². The summed E-state index contributed by atoms with van der Waals surface area (Å²) >= 11 is 0. The van der Waals surface area contributed by atoms with Crippen LogP contribution < -0.4 is 0 Å². The van der Waals surface area contributed by atoms with Gasteiger partial charge in [-0.25, -0.2) is 0 Å². The molecule has 1 heterocycles. The predicted octanol–water partition coefficient (Wildman–Crippen LogP) is 7.96. The molecule has 5 rings (SSSR count). The Balaban J connectivity index is 1.72. The maximum Gasteiger partial charge on any atom is 0.0780 e. The minimum absolute atomic E-state index is 1.05. The Kier molecular flexibility index (Phi) is 4.40. The molecule has 0 aliphatic carbocycles. The van der Waals surface area contributed by atoms with Gasteiger partial charge in [0.05, 0.1) is 5.69 Å². The molecule has 0 radical (unpaired) electrons. The molecule has 1 heteroatoms. The Bertz CT molecular complexity index is 1400. The van der Waals surface area contributed by atoms with E-state index in [-0.39, 0.29) is 0 Å². The molecular formula is C29H25N. The zero-order chi connectivity index (χ0) is 20.8. The van der Waals surface area contributed by atoms with Crippen molar-refractivity contribution in [1.29, 1.82) is 0 Å². The van der Waals surface area contributed by atoms with Crippen molar-refractivity contribution in [2.45, 2.75) is 27.7 Å². The van der Waals surface area contributed by atoms with E-state index in [9.17, 15) is 0 Å². The van der Waals surface area contributed by atoms with Crippen LogP contribution in [0.1, 0.15) is 22.3 Å². The highest BCUT2D eigenvalue weighted by Gasteiger charge is 2.11. The Morgan fingerprint density at radius 1 is 0.567 bits per heavy atom. The highest BCUT2D eigenvalue weighted by molar-refractivity contribution is 6.12. The van der Waals surface area contributed by atoms with E-state index in [0.717, 1.165) is 5.69 Å². The fraction of sp³-hybridized carbons (Fsp3) is 0.138. The topological polar surface area (TPSA) is 12.9 Å². The Morgan fingerprint density at radius 3 is 2.10 bits per heavy atom. The first-order valence-corrected chi connectivity index (χ1v) is 10.5. The van der Waals surface area contributed by atoms with Gasteiger partial charge in [0.15, 0.2) is 0 Å². The van der Waals surface area contributed by atoms with Crippen LogP contribution in [0.25, 0.3) is 43.9 Å². The van der Waals surface area contributed by atoms with Gasteiger partial charge in [-0.15, -0.1) is 0 Å². The summed E-state index contributed by atoms with van der Waals surface area (Å²) in [5, 5.41) is 4.99. The number of fused-ring (bicyclic) bond motifs is 3. The van der Waals surface area contributed by atoms with Crippen molar-refractivity contribution in [3.63, 3.8) is 0 Å². The van der Waals surface area contributed by atoms with Crippen LogP contribution in [0, 0.1) is 27.7 Å². The highest BCUT2D eigenvalue weighted by atomic mass is 14.7. The lowest BCUT2D eigenvalue weighted by Gasteiger charge is -2.14. The summed E-state index contributed by atoms with van der Waals surface area (Å²) in [4.78, 5) is 4.72. The van der Waals surface area contributed by atoms with E-state index in [0.29, 0.717) is 0 Å². The number of rotatable bonds is 2. The van der Waals surface area contributed by atoms with Gasteiger partial charge in [0.2, 0.25) is 0 Å². The van der Waals surface area contributed by atoms with Gasteiger partial charge >= 0.3 is 0 Å². The lowest BCUT2D eigenvalue weighted by atomic mass is 9.91. The Morgan fingerprint density at radius 2 is 1.33 bits per heavy atom. The van der Waals surface area contributed by atoms with Crippen LogP contribution in [-0.2, 0) is 0 Å². The molecule has 0 aliphatic heterocycles. The van der Waals surface area contributed by atoms with Gasteiger partial charge in [-0.2, -0.15) is 0 Å². The normalized spacial score (nSPS) is 11.3. The molecular weight excluding hydrogens is 362 g/mol. The van der Waals surface area contributed by atoms with Crippen LogP contribution in [0.2, 0.25) is 0 Å². The number of hydrogen-bond acceptors (Lipinski definition) is 1. The van der Waals surface area contributed by atoms with Crippen molar-refractivity contribution in [1.82, 2.24) is 4.98 Å². The molecule has 5 aromatic rings. The first kappa shape index (κ1) is 18.6. The van der Waals surface area contributed by atoms with E-state index >= 15 is 0 Å². The molecule has 0 unspecified atom stereocenters. The van der Waals surface area contributed by atoms with Gasteiger partial charge in [-0.1, -0.05) is 65.7 Å². The van der Waals surface area contributed by atoms with E-state index in [1.807, 2.05) is 6.20 Å². The molecule has 4 aromatic carbocycles. The van der Waals surface area contributed by atoms with E-state index < -0.39 is 0 Å². The molecule has 0 saturated heterocycles. The van der Waals surface area contributed by atoms with Gasteiger partial charge in [0.25, 0.3) is 0 Å². The molecule has 1 aromatic heterocycles. The SMILES string of the molecule is Cc1cccc(-c2nccc3c2ccc2cc(-c4c(C)cc(C)cc4C)ccc23)c1. The zero-order valence-corrected chi connectivity index (χ0v) is 18.0. The van der Waals surface area contributed by atoms with Crippen LogP contribution in [0.5, 0.6) is 0 Å². The van der Waals surface area contributed by atoms with E-state index in [2.05, 4.69) is 100 Å². The molecule has 0 amide bonds. The number of hydrogen-bond donors (Lipinski definition) is 0. The third-order valence-electron chi connectivity index (χ3n) is 6.02. The van der Waals surface area contributed by atoms with E-state index in [1.54, 1.807) is 0 Å². The summed E-state index contributed by atoms with van der Waals surface area (Å²) in [6.45, 7) is 8.70. The highest BCUT2D eigenvalue weighted by Crippen LogP contribution is 2.35. The van der Waals surface area contributed by atoms with Crippen LogP contribution in [0.4, 0.5) is 0 Å². The molecule has 0 saturated carbocycles. The summed E-state index contributed by atoms with van der Waals surface area (Å²) in [5.41, 5.74) is 10.1. The zero-order valence-electron chi connectivity index (χ0n) is 18.0. The number of aromatic nitrogens is 1. The van der Waals surface area contributed by atoms with Crippen LogP contribution >= 0.6 is 0 Å². The summed E-state index contributed by atoms with van der Waals surface area (Å²) in [6.07, 6.45) is 1.93. The first-order valence-electron chi connectivity index (χ1n) is 10.5. The van der Waals surface area contributed by atoms with Gasteiger partial charge in [-0.05, 0) is 84.3 Å². The van der Waals surface area contributed by atoms with Crippen molar-refractivity contribution in [2.24, 2.45) is 0 Å². The molecule has 0 bridgehead atoms. The Labute approximate surface area is 178 Å². The maximum atomic E-state index is 4.72. The number of benzene rings is 4. The summed E-state index contributed by atoms with van der Waals surface area (Å²) in [5.74, 6) is 0. The largest absolute Gasteiger partial charge is 0.256 e. The van der Waals surface area contributed by atoms with Crippen LogP contribution in [0.3, 0.4) is 0 Å². The quantitative estimate of drug-likeness (QED) is 0.280. The molecule has 0 fully saturated rings. The molecule has 30 heavy (non-hydrogen) atoms. The Hall–Kier alpha value is -3.45. The molecule has 0 spiro atoms. The predicted molar refractivity (Wildman–Crippen MR) is 129 cm³/mol. The minimum atomic E-state index is 1.05. The monoisotopic (exact) mass is 387 g/mol. The van der Waals surface area contributed by atoms with Gasteiger partial charge < -0.3 is 0 Å². The summed E-state index contributed by atoms with van der Waals surface area (Å²) < 4.78 is 0. The lowest BCUT2D eigenvalue weighted by Crippen LogP contribution is -1.91. The average Bonchev–Trinajstić information content (AvgIpc) is 2.72. The second-order valence-corrected chi connectivity index (χ2v) is 8.40. The first-order chi connectivity index (χ1) is 14.5. The third-order valence-corrected chi connectivity index (χ3v) is 6.02. The van der Waals surface area contributed by atoms with E-state index in [1.165, 1.54) is 60.5 Å². The minimum Gasteiger partial charge on any atom is -0.256 e. The maximum absolute atomic E-state index is 4.72. The molecule has 0 aliphatic rings. The number of aryl methyl sites for hydroxylation is 4. The second kappa shape index (κ2) is 7.11. The number of nitrogens with zero attached hydrogens (tertiary/aromatic N) is 1. The van der Waals surface area contributed by atoms with Crippen LogP contribution in [-0.4, -0.2) is 4.98 Å². The smallest absolute Gasteiger partial charge is 0.0780 e. The van der Waals surface area contributed by atoms with Gasteiger partial charge in [0, 0.05) is 17.1 Å². The molecule has 1 nitrogen and oxygen atoms in total. The van der Waals surface area contributed by atoms with Crippen molar-refractivity contribution in [3.8, 4) is 22.4 Å². The van der Waals surface area contributed by atoms with Crippen molar-refractivity contribution in [2.75, 3.05) is 0 Å². The second-order valence-electron chi connectivity index (χ2n) is 8.40. The summed E-state index contributed by atoms with van der Waals surface area (Å²) in [6, 6.07) is 26.6. The van der Waals surface area contributed by atoms with Gasteiger partial charge in [-0.3, -0.25) is 4.98 Å². The van der Waals surface area contributed by atoms with Crippen molar-refractivity contribution >= 4 is 21.5 Å². The van der Waals surface area contributed by atoms with E-state index in [4.69, 9.17) is 4.98 Å². The van der Waals surface area contributed by atoms with Crippen molar-refractivity contribution in [3.05, 3.63) is 101 Å². The lowest BCUT2D eigenvalue weighted by molar-refractivity contribution is 1.32.